The van der Waals surface area contributed by atoms with Crippen molar-refractivity contribution < 1.29 is 4.79 Å². The van der Waals surface area contributed by atoms with Crippen LogP contribution in [0.2, 0.25) is 0 Å². The summed E-state index contributed by atoms with van der Waals surface area (Å²) in [6.45, 7) is 3.82. The smallest absolute Gasteiger partial charge is 0.262 e. The van der Waals surface area contributed by atoms with Gasteiger partial charge in [0.2, 0.25) is 0 Å². The first-order chi connectivity index (χ1) is 11.5. The molecule has 2 aromatic carbocycles. The van der Waals surface area contributed by atoms with E-state index in [1.807, 2.05) is 74.4 Å². The van der Waals surface area contributed by atoms with E-state index in [-0.39, 0.29) is 11.9 Å². The zero-order valence-corrected chi connectivity index (χ0v) is 14.6. The average Bonchev–Trinajstić information content (AvgIpc) is 2.55. The molecule has 0 bridgehead atoms. The molecule has 0 spiro atoms. The van der Waals surface area contributed by atoms with Gasteiger partial charge in [0.15, 0.2) is 0 Å². The first kappa shape index (κ1) is 17.5. The Morgan fingerprint density at radius 1 is 1.17 bits per heavy atom. The Hall–Kier alpha value is -2.82. The van der Waals surface area contributed by atoms with Crippen LogP contribution in [0.5, 0.6) is 0 Å². The summed E-state index contributed by atoms with van der Waals surface area (Å²) in [5, 5.41) is 7.18. The summed E-state index contributed by atoms with van der Waals surface area (Å²) in [7, 11) is 3.98. The molecule has 2 N–H and O–H groups in total. The number of benzene rings is 2. The highest BCUT2D eigenvalue weighted by Crippen LogP contribution is 2.11. The van der Waals surface area contributed by atoms with Crippen LogP contribution in [-0.2, 0) is 4.79 Å². The molecule has 24 heavy (non-hydrogen) atoms. The van der Waals surface area contributed by atoms with E-state index >= 15 is 0 Å². The number of aryl methyl sites for hydroxylation is 1. The largest absolute Gasteiger partial charge is 0.378 e. The van der Waals surface area contributed by atoms with Gasteiger partial charge in [-0.2, -0.15) is 5.10 Å². The number of nitrogens with one attached hydrogen (secondary N) is 2. The van der Waals surface area contributed by atoms with Gasteiger partial charge in [-0.1, -0.05) is 24.3 Å². The molecule has 0 aliphatic heterocycles. The molecule has 1 atom stereocenters. The van der Waals surface area contributed by atoms with Crippen LogP contribution in [0, 0.1) is 6.92 Å². The van der Waals surface area contributed by atoms with E-state index in [1.165, 1.54) is 0 Å². The van der Waals surface area contributed by atoms with E-state index in [9.17, 15) is 4.79 Å². The highest BCUT2D eigenvalue weighted by atomic mass is 16.2. The molecule has 0 aromatic heterocycles. The summed E-state index contributed by atoms with van der Waals surface area (Å²) in [6, 6.07) is 15.5. The summed E-state index contributed by atoms with van der Waals surface area (Å²) < 4.78 is 0. The summed E-state index contributed by atoms with van der Waals surface area (Å²) in [6.07, 6.45) is 1.64. The van der Waals surface area contributed by atoms with E-state index in [0.29, 0.717) is 0 Å². The van der Waals surface area contributed by atoms with Crippen LogP contribution in [0.25, 0.3) is 0 Å². The molecule has 2 rings (SSSR count). The molecule has 126 valence electrons. The maximum absolute atomic E-state index is 12.1. The number of amides is 1. The average molecular weight is 324 g/mol. The second kappa shape index (κ2) is 8.15. The maximum Gasteiger partial charge on any atom is 0.262 e. The van der Waals surface area contributed by atoms with Crippen molar-refractivity contribution in [3.8, 4) is 0 Å². The molecular weight excluding hydrogens is 300 g/mol. The minimum Gasteiger partial charge on any atom is -0.378 e. The minimum atomic E-state index is -0.375. The Kier molecular flexibility index (Phi) is 5.95. The maximum atomic E-state index is 12.1. The fourth-order valence-electron chi connectivity index (χ4n) is 2.18. The number of hydrogen-bond donors (Lipinski definition) is 2. The lowest BCUT2D eigenvalue weighted by Crippen LogP contribution is -2.34. The molecule has 0 fully saturated rings. The molecule has 5 nitrogen and oxygen atoms in total. The van der Waals surface area contributed by atoms with Crippen molar-refractivity contribution in [2.24, 2.45) is 5.10 Å². The molecule has 2 aromatic rings. The van der Waals surface area contributed by atoms with E-state index in [2.05, 4.69) is 15.8 Å². The van der Waals surface area contributed by atoms with E-state index in [1.54, 1.807) is 13.1 Å². The van der Waals surface area contributed by atoms with Crippen LogP contribution in [-0.4, -0.2) is 32.3 Å². The van der Waals surface area contributed by atoms with Crippen molar-refractivity contribution in [3.05, 3.63) is 59.7 Å². The van der Waals surface area contributed by atoms with Gasteiger partial charge in [-0.15, -0.1) is 0 Å². The zero-order chi connectivity index (χ0) is 17.5. The molecular formula is C19H24N4O. The molecule has 0 heterocycles. The second-order valence-corrected chi connectivity index (χ2v) is 5.96. The number of hydrogen-bond acceptors (Lipinski definition) is 4. The Labute approximate surface area is 143 Å². The Morgan fingerprint density at radius 3 is 2.50 bits per heavy atom. The number of carbonyl (C=O) groups excluding carboxylic acids is 1. The normalized spacial score (nSPS) is 12.0. The van der Waals surface area contributed by atoms with Gasteiger partial charge >= 0.3 is 0 Å². The first-order valence-corrected chi connectivity index (χ1v) is 7.89. The van der Waals surface area contributed by atoms with Gasteiger partial charge < -0.3 is 10.2 Å². The van der Waals surface area contributed by atoms with Gasteiger partial charge in [-0.05, 0) is 49.2 Å². The van der Waals surface area contributed by atoms with Crippen molar-refractivity contribution in [3.63, 3.8) is 0 Å². The lowest BCUT2D eigenvalue weighted by atomic mass is 10.2. The van der Waals surface area contributed by atoms with E-state index < -0.39 is 0 Å². The second-order valence-electron chi connectivity index (χ2n) is 5.96. The molecule has 0 unspecified atom stereocenters. The Bertz CT molecular complexity index is 708. The fourth-order valence-corrected chi connectivity index (χ4v) is 2.18. The summed E-state index contributed by atoms with van der Waals surface area (Å²) >= 11 is 0. The first-order valence-electron chi connectivity index (χ1n) is 7.89. The van der Waals surface area contributed by atoms with Gasteiger partial charge in [0.05, 0.1) is 6.21 Å². The van der Waals surface area contributed by atoms with E-state index in [0.717, 1.165) is 22.5 Å². The fraction of sp³-hybridized carbons (Fsp3) is 0.263. The molecule has 0 aliphatic rings. The quantitative estimate of drug-likeness (QED) is 0.634. The Balaban J connectivity index is 1.87. The summed E-state index contributed by atoms with van der Waals surface area (Å²) in [5.74, 6) is -0.183. The monoisotopic (exact) mass is 324 g/mol. The predicted octanol–water partition coefficient (Wildman–Crippen LogP) is 3.01. The van der Waals surface area contributed by atoms with Crippen molar-refractivity contribution in [1.82, 2.24) is 5.43 Å². The Morgan fingerprint density at radius 2 is 1.88 bits per heavy atom. The van der Waals surface area contributed by atoms with Crippen molar-refractivity contribution in [2.45, 2.75) is 19.9 Å². The third-order valence-electron chi connectivity index (χ3n) is 3.59. The lowest BCUT2D eigenvalue weighted by molar-refractivity contribution is -0.121. The van der Waals surface area contributed by atoms with Crippen LogP contribution < -0.4 is 15.6 Å². The van der Waals surface area contributed by atoms with Gasteiger partial charge in [-0.3, -0.25) is 4.79 Å². The minimum absolute atomic E-state index is 0.183. The number of carbonyl (C=O) groups is 1. The van der Waals surface area contributed by atoms with Crippen LogP contribution >= 0.6 is 0 Å². The van der Waals surface area contributed by atoms with Crippen LogP contribution in [0.4, 0.5) is 11.4 Å². The zero-order valence-electron chi connectivity index (χ0n) is 14.6. The topological polar surface area (TPSA) is 56.7 Å². The van der Waals surface area contributed by atoms with E-state index in [4.69, 9.17) is 0 Å². The van der Waals surface area contributed by atoms with Crippen LogP contribution in [0.3, 0.4) is 0 Å². The molecule has 5 heteroatoms. The number of anilines is 2. The van der Waals surface area contributed by atoms with Gasteiger partial charge in [0.1, 0.15) is 6.04 Å². The van der Waals surface area contributed by atoms with Crippen LogP contribution in [0.1, 0.15) is 18.1 Å². The molecule has 0 radical (unpaired) electrons. The van der Waals surface area contributed by atoms with Crippen molar-refractivity contribution >= 4 is 23.5 Å². The number of nitrogens with zero attached hydrogens (tertiary/aromatic N) is 2. The third kappa shape index (κ3) is 5.12. The highest BCUT2D eigenvalue weighted by Gasteiger charge is 2.11. The van der Waals surface area contributed by atoms with Gasteiger partial charge in [0, 0.05) is 25.5 Å². The predicted molar refractivity (Wildman–Crippen MR) is 101 cm³/mol. The molecule has 0 saturated heterocycles. The van der Waals surface area contributed by atoms with Crippen molar-refractivity contribution in [2.75, 3.05) is 24.3 Å². The summed E-state index contributed by atoms with van der Waals surface area (Å²) in [4.78, 5) is 14.1. The van der Waals surface area contributed by atoms with Crippen molar-refractivity contribution in [1.29, 1.82) is 0 Å². The third-order valence-corrected chi connectivity index (χ3v) is 3.59. The standard InChI is InChI=1S/C19H24N4O/c1-14-6-5-7-17(12-14)21-15(2)19(24)22-20-13-16-8-10-18(11-9-16)23(3)4/h5-13,15,21H,1-4H3,(H,22,24)/b20-13-/t15-/m1/s1. The number of hydrazone groups is 1. The SMILES string of the molecule is Cc1cccc(N[C@H](C)C(=O)N/N=C\c2ccc(N(C)C)cc2)c1. The number of rotatable bonds is 6. The van der Waals surface area contributed by atoms with Gasteiger partial charge in [-0.25, -0.2) is 5.43 Å². The van der Waals surface area contributed by atoms with Gasteiger partial charge in [0.25, 0.3) is 5.91 Å². The van der Waals surface area contributed by atoms with Crippen LogP contribution in [0.15, 0.2) is 53.6 Å². The molecule has 1 amide bonds. The lowest BCUT2D eigenvalue weighted by Gasteiger charge is -2.14. The summed E-state index contributed by atoms with van der Waals surface area (Å²) in [5.41, 5.74) is 6.67. The molecule has 0 aliphatic carbocycles. The highest BCUT2D eigenvalue weighted by molar-refractivity contribution is 5.86. The molecule has 0 saturated carbocycles.